The molecule has 2 heterocycles. The smallest absolute Gasteiger partial charge is 0.0742 e. The van der Waals surface area contributed by atoms with Gasteiger partial charge in [-0.2, -0.15) is 0 Å². The van der Waals surface area contributed by atoms with Crippen LogP contribution in [0.4, 0.5) is 0 Å². The molecule has 2 unspecified atom stereocenters. The Kier molecular flexibility index (Phi) is 6.49. The molecule has 3 atom stereocenters. The van der Waals surface area contributed by atoms with Crippen LogP contribution in [-0.2, 0) is 15.9 Å². The van der Waals surface area contributed by atoms with Gasteiger partial charge in [-0.1, -0.05) is 37.3 Å². The van der Waals surface area contributed by atoms with Gasteiger partial charge in [0.25, 0.3) is 0 Å². The van der Waals surface area contributed by atoms with Gasteiger partial charge < -0.3 is 9.47 Å². The van der Waals surface area contributed by atoms with Crippen molar-refractivity contribution in [1.82, 2.24) is 4.90 Å². The van der Waals surface area contributed by atoms with Gasteiger partial charge in [-0.3, -0.25) is 4.90 Å². The van der Waals surface area contributed by atoms with Crippen LogP contribution in [-0.4, -0.2) is 50.0 Å². The highest BCUT2D eigenvalue weighted by molar-refractivity contribution is 5.15. The second-order valence-electron chi connectivity index (χ2n) is 7.25. The van der Waals surface area contributed by atoms with Crippen molar-refractivity contribution in [2.24, 2.45) is 5.92 Å². The van der Waals surface area contributed by atoms with E-state index in [0.717, 1.165) is 38.6 Å². The Labute approximate surface area is 141 Å². The standard InChI is InChI=1S/C20H31NO2/c1-17-9-12-22-19(14-17)8-5-10-21-11-13-23-20(16-21)15-18-6-3-2-4-7-18/h2-4,6-7,17,19-20H,5,8-16H2,1H3/t17-,19?,20?/m1/s1. The summed E-state index contributed by atoms with van der Waals surface area (Å²) < 4.78 is 11.9. The summed E-state index contributed by atoms with van der Waals surface area (Å²) >= 11 is 0. The van der Waals surface area contributed by atoms with Gasteiger partial charge >= 0.3 is 0 Å². The molecule has 128 valence electrons. The lowest BCUT2D eigenvalue weighted by atomic mass is 9.95. The second kappa shape index (κ2) is 8.81. The molecule has 0 amide bonds. The summed E-state index contributed by atoms with van der Waals surface area (Å²) in [6, 6.07) is 10.7. The Bertz CT molecular complexity index is 450. The van der Waals surface area contributed by atoms with Gasteiger partial charge in [0.05, 0.1) is 18.8 Å². The molecule has 0 bridgehead atoms. The Hall–Kier alpha value is -0.900. The maximum atomic E-state index is 5.96. The molecule has 2 aliphatic heterocycles. The molecule has 3 nitrogen and oxygen atoms in total. The normalized spacial score (nSPS) is 29.5. The van der Waals surface area contributed by atoms with Crippen molar-refractivity contribution in [3.05, 3.63) is 35.9 Å². The summed E-state index contributed by atoms with van der Waals surface area (Å²) in [4.78, 5) is 2.57. The zero-order chi connectivity index (χ0) is 15.9. The topological polar surface area (TPSA) is 21.7 Å². The van der Waals surface area contributed by atoms with Crippen LogP contribution in [0.2, 0.25) is 0 Å². The number of benzene rings is 1. The van der Waals surface area contributed by atoms with Crippen LogP contribution < -0.4 is 0 Å². The van der Waals surface area contributed by atoms with Gasteiger partial charge in [-0.05, 0) is 50.1 Å². The van der Waals surface area contributed by atoms with Gasteiger partial charge in [0.15, 0.2) is 0 Å². The van der Waals surface area contributed by atoms with Gasteiger partial charge in [0.1, 0.15) is 0 Å². The van der Waals surface area contributed by atoms with Gasteiger partial charge in [-0.25, -0.2) is 0 Å². The number of rotatable bonds is 6. The van der Waals surface area contributed by atoms with E-state index in [-0.39, 0.29) is 0 Å². The minimum Gasteiger partial charge on any atom is -0.378 e. The average molecular weight is 317 g/mol. The van der Waals surface area contributed by atoms with Crippen LogP contribution in [0.3, 0.4) is 0 Å². The lowest BCUT2D eigenvalue weighted by Crippen LogP contribution is -2.43. The lowest BCUT2D eigenvalue weighted by Gasteiger charge is -2.34. The summed E-state index contributed by atoms with van der Waals surface area (Å²) in [5.74, 6) is 0.840. The van der Waals surface area contributed by atoms with Crippen molar-refractivity contribution in [3.8, 4) is 0 Å². The predicted molar refractivity (Wildman–Crippen MR) is 93.7 cm³/mol. The second-order valence-corrected chi connectivity index (χ2v) is 7.25. The Morgan fingerprint density at radius 3 is 2.74 bits per heavy atom. The molecule has 0 aliphatic carbocycles. The van der Waals surface area contributed by atoms with Crippen molar-refractivity contribution in [2.75, 3.05) is 32.8 Å². The SMILES string of the molecule is C[C@@H]1CCOC(CCCN2CCOC(Cc3ccccc3)C2)C1. The molecule has 2 saturated heterocycles. The minimum absolute atomic E-state index is 0.345. The molecule has 2 fully saturated rings. The van der Waals surface area contributed by atoms with Crippen LogP contribution in [0.25, 0.3) is 0 Å². The predicted octanol–water partition coefficient (Wildman–Crippen LogP) is 3.53. The fourth-order valence-electron chi connectivity index (χ4n) is 3.80. The van der Waals surface area contributed by atoms with E-state index < -0.39 is 0 Å². The summed E-state index contributed by atoms with van der Waals surface area (Å²) in [7, 11) is 0. The molecule has 23 heavy (non-hydrogen) atoms. The first-order chi connectivity index (χ1) is 11.3. The zero-order valence-electron chi connectivity index (χ0n) is 14.5. The molecule has 1 aromatic carbocycles. The molecule has 3 heteroatoms. The Morgan fingerprint density at radius 2 is 1.91 bits per heavy atom. The quantitative estimate of drug-likeness (QED) is 0.801. The highest BCUT2D eigenvalue weighted by Gasteiger charge is 2.22. The third-order valence-electron chi connectivity index (χ3n) is 5.16. The van der Waals surface area contributed by atoms with Gasteiger partial charge in [0, 0.05) is 19.7 Å². The van der Waals surface area contributed by atoms with E-state index in [1.807, 2.05) is 0 Å². The molecule has 0 radical (unpaired) electrons. The summed E-state index contributed by atoms with van der Waals surface area (Å²) in [5.41, 5.74) is 1.38. The highest BCUT2D eigenvalue weighted by atomic mass is 16.5. The average Bonchev–Trinajstić information content (AvgIpc) is 2.56. The van der Waals surface area contributed by atoms with Crippen LogP contribution in [0.15, 0.2) is 30.3 Å². The molecule has 0 spiro atoms. The van der Waals surface area contributed by atoms with E-state index in [1.165, 1.54) is 37.8 Å². The van der Waals surface area contributed by atoms with Crippen molar-refractivity contribution in [2.45, 2.75) is 51.2 Å². The van der Waals surface area contributed by atoms with Crippen molar-refractivity contribution in [3.63, 3.8) is 0 Å². The number of ether oxygens (including phenoxy) is 2. The number of hydrogen-bond donors (Lipinski definition) is 0. The molecular weight excluding hydrogens is 286 g/mol. The van der Waals surface area contributed by atoms with E-state index in [0.29, 0.717) is 12.2 Å². The first-order valence-electron chi connectivity index (χ1n) is 9.29. The Balaban J connectivity index is 1.37. The van der Waals surface area contributed by atoms with Crippen LogP contribution in [0, 0.1) is 5.92 Å². The van der Waals surface area contributed by atoms with E-state index in [2.05, 4.69) is 42.2 Å². The van der Waals surface area contributed by atoms with E-state index in [9.17, 15) is 0 Å². The number of hydrogen-bond acceptors (Lipinski definition) is 3. The third kappa shape index (κ3) is 5.59. The van der Waals surface area contributed by atoms with E-state index in [1.54, 1.807) is 0 Å². The number of nitrogens with zero attached hydrogens (tertiary/aromatic N) is 1. The highest BCUT2D eigenvalue weighted by Crippen LogP contribution is 2.22. The van der Waals surface area contributed by atoms with Crippen molar-refractivity contribution in [1.29, 1.82) is 0 Å². The van der Waals surface area contributed by atoms with Crippen LogP contribution in [0.1, 0.15) is 38.2 Å². The molecule has 0 N–H and O–H groups in total. The zero-order valence-corrected chi connectivity index (χ0v) is 14.5. The van der Waals surface area contributed by atoms with Crippen LogP contribution in [0.5, 0.6) is 0 Å². The monoisotopic (exact) mass is 317 g/mol. The molecular formula is C20H31NO2. The molecule has 0 aromatic heterocycles. The van der Waals surface area contributed by atoms with E-state index in [4.69, 9.17) is 9.47 Å². The lowest BCUT2D eigenvalue weighted by molar-refractivity contribution is -0.0336. The van der Waals surface area contributed by atoms with E-state index >= 15 is 0 Å². The fourth-order valence-corrected chi connectivity index (χ4v) is 3.80. The Morgan fingerprint density at radius 1 is 1.09 bits per heavy atom. The van der Waals surface area contributed by atoms with Gasteiger partial charge in [0.2, 0.25) is 0 Å². The first kappa shape index (κ1) is 16.9. The maximum Gasteiger partial charge on any atom is 0.0742 e. The first-order valence-corrected chi connectivity index (χ1v) is 9.29. The molecule has 3 rings (SSSR count). The molecule has 0 saturated carbocycles. The largest absolute Gasteiger partial charge is 0.378 e. The third-order valence-corrected chi connectivity index (χ3v) is 5.16. The van der Waals surface area contributed by atoms with Crippen LogP contribution >= 0.6 is 0 Å². The number of morpholine rings is 1. The van der Waals surface area contributed by atoms with Crippen molar-refractivity contribution >= 4 is 0 Å². The molecule has 1 aromatic rings. The maximum absolute atomic E-state index is 5.96. The molecule has 2 aliphatic rings. The van der Waals surface area contributed by atoms with Gasteiger partial charge in [-0.15, -0.1) is 0 Å². The fraction of sp³-hybridized carbons (Fsp3) is 0.700. The minimum atomic E-state index is 0.345. The summed E-state index contributed by atoms with van der Waals surface area (Å²) in [6.45, 7) is 7.51. The summed E-state index contributed by atoms with van der Waals surface area (Å²) in [5, 5.41) is 0. The van der Waals surface area contributed by atoms with Crippen molar-refractivity contribution < 1.29 is 9.47 Å². The summed E-state index contributed by atoms with van der Waals surface area (Å²) in [6.07, 6.45) is 6.82.